The highest BCUT2D eigenvalue weighted by molar-refractivity contribution is 8.22. The molecule has 15 heavy (non-hydrogen) atoms. The second-order valence-corrected chi connectivity index (χ2v) is 7.48. The van der Waals surface area contributed by atoms with Crippen LogP contribution in [0.25, 0.3) is 0 Å². The molecule has 0 unspecified atom stereocenters. The monoisotopic (exact) mass is 278 g/mol. The summed E-state index contributed by atoms with van der Waals surface area (Å²) in [4.78, 5) is 12.7. The fourth-order valence-electron chi connectivity index (χ4n) is 0.836. The average Bonchev–Trinajstić information content (AvgIpc) is 2.69. The number of thioether (sulfide) groups is 4. The minimum Gasteiger partial charge on any atom is -0.282 e. The van der Waals surface area contributed by atoms with E-state index in [2.05, 4.69) is 12.0 Å². The molecule has 84 valence electrons. The molecule has 0 aromatic heterocycles. The maximum absolute atomic E-state index is 11.2. The highest BCUT2D eigenvalue weighted by atomic mass is 32.2. The standard InChI is InChI=1S/C10H14OS4/c1-8(2)10(11)14-4-3-12-5-9-6-13-7-15-9/h6H,1,3-5,7H2,2H3. The molecule has 0 N–H and O–H groups in total. The van der Waals surface area contributed by atoms with Crippen molar-refractivity contribution in [3.8, 4) is 0 Å². The zero-order chi connectivity index (χ0) is 11.1. The Morgan fingerprint density at radius 2 is 2.40 bits per heavy atom. The van der Waals surface area contributed by atoms with Crippen LogP contribution in [-0.2, 0) is 4.79 Å². The Hall–Kier alpha value is 0.550. The van der Waals surface area contributed by atoms with Crippen LogP contribution in [0.15, 0.2) is 22.5 Å². The molecule has 0 amide bonds. The van der Waals surface area contributed by atoms with Gasteiger partial charge in [0.2, 0.25) is 5.12 Å². The summed E-state index contributed by atoms with van der Waals surface area (Å²) in [6.07, 6.45) is 0. The molecule has 0 radical (unpaired) electrons. The van der Waals surface area contributed by atoms with Crippen molar-refractivity contribution in [2.24, 2.45) is 0 Å². The van der Waals surface area contributed by atoms with Gasteiger partial charge >= 0.3 is 0 Å². The van der Waals surface area contributed by atoms with Crippen molar-refractivity contribution < 1.29 is 4.79 Å². The van der Waals surface area contributed by atoms with E-state index in [0.717, 1.165) is 17.3 Å². The maximum atomic E-state index is 11.2. The van der Waals surface area contributed by atoms with Crippen LogP contribution in [0.2, 0.25) is 0 Å². The summed E-state index contributed by atoms with van der Waals surface area (Å²) in [7, 11) is 0. The lowest BCUT2D eigenvalue weighted by atomic mass is 10.4. The Kier molecular flexibility index (Phi) is 7.05. The minimum absolute atomic E-state index is 0.126. The van der Waals surface area contributed by atoms with E-state index in [1.165, 1.54) is 21.8 Å². The first-order valence-corrected chi connectivity index (χ1v) is 8.71. The molecule has 1 heterocycles. The van der Waals surface area contributed by atoms with Crippen LogP contribution < -0.4 is 0 Å². The topological polar surface area (TPSA) is 17.1 Å². The van der Waals surface area contributed by atoms with Gasteiger partial charge in [-0.25, -0.2) is 0 Å². The highest BCUT2D eigenvalue weighted by Crippen LogP contribution is 2.33. The molecule has 0 bridgehead atoms. The summed E-state index contributed by atoms with van der Waals surface area (Å²) in [6.45, 7) is 5.39. The van der Waals surface area contributed by atoms with Crippen molar-refractivity contribution in [3.05, 3.63) is 22.5 Å². The largest absolute Gasteiger partial charge is 0.282 e. The zero-order valence-corrected chi connectivity index (χ0v) is 11.9. The fraction of sp³-hybridized carbons (Fsp3) is 0.500. The first-order chi connectivity index (χ1) is 7.20. The first-order valence-electron chi connectivity index (χ1n) is 4.54. The van der Waals surface area contributed by atoms with Crippen LogP contribution in [0, 0.1) is 0 Å². The number of carbonyl (C=O) groups is 1. The van der Waals surface area contributed by atoms with E-state index in [4.69, 9.17) is 0 Å². The Labute approximate surface area is 108 Å². The predicted octanol–water partition coefficient (Wildman–Crippen LogP) is 3.83. The van der Waals surface area contributed by atoms with Crippen molar-refractivity contribution in [2.45, 2.75) is 6.92 Å². The van der Waals surface area contributed by atoms with Gasteiger partial charge in [-0.1, -0.05) is 18.3 Å². The quantitative estimate of drug-likeness (QED) is 0.541. The Morgan fingerprint density at radius 1 is 1.60 bits per heavy atom. The lowest BCUT2D eigenvalue weighted by molar-refractivity contribution is -0.107. The first kappa shape index (κ1) is 13.6. The summed E-state index contributed by atoms with van der Waals surface area (Å²) < 4.78 is 0. The van der Waals surface area contributed by atoms with Crippen LogP contribution in [0.3, 0.4) is 0 Å². The Morgan fingerprint density at radius 3 is 3.00 bits per heavy atom. The second-order valence-electron chi connectivity index (χ2n) is 2.98. The molecule has 1 aliphatic heterocycles. The molecule has 0 saturated carbocycles. The lowest BCUT2D eigenvalue weighted by Gasteiger charge is -2.01. The van der Waals surface area contributed by atoms with Crippen molar-refractivity contribution in [2.75, 3.05) is 22.3 Å². The average molecular weight is 278 g/mol. The van der Waals surface area contributed by atoms with E-state index in [9.17, 15) is 4.79 Å². The van der Waals surface area contributed by atoms with Gasteiger partial charge in [-0.15, -0.1) is 23.5 Å². The van der Waals surface area contributed by atoms with E-state index in [1.807, 2.05) is 35.3 Å². The molecule has 5 heteroatoms. The fourth-order valence-corrected chi connectivity index (χ4v) is 5.09. The third-order valence-electron chi connectivity index (χ3n) is 1.58. The van der Waals surface area contributed by atoms with Crippen LogP contribution in [0.4, 0.5) is 0 Å². The van der Waals surface area contributed by atoms with Crippen LogP contribution >= 0.6 is 47.0 Å². The van der Waals surface area contributed by atoms with Gasteiger partial charge in [0, 0.05) is 27.2 Å². The molecule has 0 fully saturated rings. The van der Waals surface area contributed by atoms with Gasteiger partial charge in [0.15, 0.2) is 0 Å². The lowest BCUT2D eigenvalue weighted by Crippen LogP contribution is -1.95. The van der Waals surface area contributed by atoms with Gasteiger partial charge in [0.1, 0.15) is 0 Å². The minimum atomic E-state index is 0.126. The van der Waals surface area contributed by atoms with Gasteiger partial charge in [-0.05, 0) is 17.9 Å². The smallest absolute Gasteiger partial charge is 0.214 e. The molecule has 1 rings (SSSR count). The summed E-state index contributed by atoms with van der Waals surface area (Å²) in [5.74, 6) is 3.02. The molecule has 0 aliphatic carbocycles. The molecular formula is C10H14OS4. The number of carbonyl (C=O) groups excluding carboxylic acids is 1. The Bertz CT molecular complexity index is 269. The van der Waals surface area contributed by atoms with E-state index < -0.39 is 0 Å². The molecular weight excluding hydrogens is 264 g/mol. The molecule has 0 saturated heterocycles. The van der Waals surface area contributed by atoms with Gasteiger partial charge in [0.25, 0.3) is 0 Å². The van der Waals surface area contributed by atoms with Crippen molar-refractivity contribution >= 4 is 52.2 Å². The third kappa shape index (κ3) is 6.00. The van der Waals surface area contributed by atoms with E-state index >= 15 is 0 Å². The van der Waals surface area contributed by atoms with Crippen LogP contribution in [0.1, 0.15) is 6.92 Å². The normalized spacial score (nSPS) is 15.1. The molecule has 0 aromatic rings. The van der Waals surface area contributed by atoms with Gasteiger partial charge in [-0.3, -0.25) is 4.79 Å². The van der Waals surface area contributed by atoms with Crippen LogP contribution in [-0.4, -0.2) is 27.5 Å². The summed E-state index contributed by atoms with van der Waals surface area (Å²) >= 11 is 7.07. The Balaban J connectivity index is 1.97. The van der Waals surface area contributed by atoms with Crippen molar-refractivity contribution in [1.29, 1.82) is 0 Å². The van der Waals surface area contributed by atoms with Gasteiger partial charge < -0.3 is 0 Å². The van der Waals surface area contributed by atoms with Gasteiger partial charge in [0.05, 0.1) is 0 Å². The predicted molar refractivity (Wildman–Crippen MR) is 77.7 cm³/mol. The molecule has 0 spiro atoms. The van der Waals surface area contributed by atoms with Crippen molar-refractivity contribution in [1.82, 2.24) is 0 Å². The summed E-state index contributed by atoms with van der Waals surface area (Å²) in [6, 6.07) is 0. The van der Waals surface area contributed by atoms with Crippen LogP contribution in [0.5, 0.6) is 0 Å². The number of hydrogen-bond donors (Lipinski definition) is 0. The second kappa shape index (κ2) is 7.76. The van der Waals surface area contributed by atoms with E-state index in [0.29, 0.717) is 5.57 Å². The maximum Gasteiger partial charge on any atom is 0.214 e. The number of rotatable bonds is 6. The van der Waals surface area contributed by atoms with Gasteiger partial charge in [-0.2, -0.15) is 11.8 Å². The molecule has 0 aromatic carbocycles. The number of hydrogen-bond acceptors (Lipinski definition) is 5. The molecule has 1 aliphatic rings. The SMILES string of the molecule is C=C(C)C(=O)SCCSCC1=CSCS1. The zero-order valence-electron chi connectivity index (χ0n) is 8.65. The highest BCUT2D eigenvalue weighted by Gasteiger charge is 2.06. The summed E-state index contributed by atoms with van der Waals surface area (Å²) in [5.41, 5.74) is 0.649. The van der Waals surface area contributed by atoms with Crippen molar-refractivity contribution in [3.63, 3.8) is 0 Å². The van der Waals surface area contributed by atoms with E-state index in [1.54, 1.807) is 6.92 Å². The molecule has 0 atom stereocenters. The third-order valence-corrected chi connectivity index (χ3v) is 6.30. The molecule has 1 nitrogen and oxygen atoms in total. The summed E-state index contributed by atoms with van der Waals surface area (Å²) in [5, 5.41) is 3.53. The van der Waals surface area contributed by atoms with E-state index in [-0.39, 0.29) is 5.12 Å².